The minimum atomic E-state index is -1.24. The van der Waals surface area contributed by atoms with E-state index < -0.39 is 17.7 Å². The molecule has 2 rings (SSSR count). The Morgan fingerprint density at radius 2 is 1.83 bits per heavy atom. The van der Waals surface area contributed by atoms with Gasteiger partial charge in [-0.1, -0.05) is 29.8 Å². The number of aryl methyl sites for hydroxylation is 1. The summed E-state index contributed by atoms with van der Waals surface area (Å²) in [6.07, 6.45) is -1.24. The summed E-state index contributed by atoms with van der Waals surface area (Å²) in [5.41, 5.74) is 1.13. The molecule has 0 heterocycles. The van der Waals surface area contributed by atoms with Crippen LogP contribution in [0.2, 0.25) is 5.02 Å². The van der Waals surface area contributed by atoms with Crippen molar-refractivity contribution in [3.05, 3.63) is 69.7 Å². The summed E-state index contributed by atoms with van der Waals surface area (Å²) in [6, 6.07) is 8.66. The third kappa shape index (κ3) is 2.37. The van der Waals surface area contributed by atoms with Gasteiger partial charge in [-0.3, -0.25) is 0 Å². The average molecular weight is 269 g/mol. The van der Waals surface area contributed by atoms with Gasteiger partial charge in [-0.15, -0.1) is 0 Å². The molecule has 1 nitrogen and oxygen atoms in total. The number of hydrogen-bond donors (Lipinski definition) is 1. The first-order chi connectivity index (χ1) is 8.50. The summed E-state index contributed by atoms with van der Waals surface area (Å²) < 4.78 is 26.7. The third-order valence-electron chi connectivity index (χ3n) is 2.81. The van der Waals surface area contributed by atoms with Crippen LogP contribution in [0.3, 0.4) is 0 Å². The number of aliphatic hydroxyl groups is 1. The average Bonchev–Trinajstić information content (AvgIpc) is 2.35. The van der Waals surface area contributed by atoms with Crippen molar-refractivity contribution >= 4 is 11.6 Å². The van der Waals surface area contributed by atoms with Gasteiger partial charge in [-0.05, 0) is 36.2 Å². The molecule has 0 saturated heterocycles. The van der Waals surface area contributed by atoms with Crippen LogP contribution in [0.5, 0.6) is 0 Å². The molecule has 0 aliphatic heterocycles. The van der Waals surface area contributed by atoms with E-state index in [1.54, 1.807) is 25.1 Å². The van der Waals surface area contributed by atoms with Crippen LogP contribution in [-0.2, 0) is 0 Å². The van der Waals surface area contributed by atoms with Crippen LogP contribution in [0.15, 0.2) is 36.4 Å². The van der Waals surface area contributed by atoms with E-state index in [0.717, 1.165) is 11.6 Å². The number of halogens is 3. The lowest BCUT2D eigenvalue weighted by Crippen LogP contribution is -2.05. The molecule has 1 atom stereocenters. The monoisotopic (exact) mass is 268 g/mol. The predicted octanol–water partition coefficient (Wildman–Crippen LogP) is 4.01. The second-order valence-corrected chi connectivity index (χ2v) is 4.48. The number of benzene rings is 2. The minimum Gasteiger partial charge on any atom is -0.384 e. The van der Waals surface area contributed by atoms with Crippen LogP contribution in [0, 0.1) is 18.6 Å². The van der Waals surface area contributed by atoms with E-state index in [9.17, 15) is 13.9 Å². The molecule has 2 aromatic carbocycles. The summed E-state index contributed by atoms with van der Waals surface area (Å²) in [5, 5.41) is 10.6. The molecule has 1 N–H and O–H groups in total. The highest BCUT2D eigenvalue weighted by atomic mass is 35.5. The molecule has 0 aliphatic rings. The van der Waals surface area contributed by atoms with Crippen LogP contribution < -0.4 is 0 Å². The van der Waals surface area contributed by atoms with Gasteiger partial charge >= 0.3 is 0 Å². The normalized spacial score (nSPS) is 12.5. The van der Waals surface area contributed by atoms with Gasteiger partial charge in [0.15, 0.2) is 11.6 Å². The molecular weight excluding hydrogens is 258 g/mol. The Labute approximate surface area is 109 Å². The van der Waals surface area contributed by atoms with Gasteiger partial charge < -0.3 is 5.11 Å². The Bertz CT molecular complexity index is 582. The van der Waals surface area contributed by atoms with E-state index in [4.69, 9.17) is 11.6 Å². The lowest BCUT2D eigenvalue weighted by Gasteiger charge is -2.15. The first-order valence-corrected chi connectivity index (χ1v) is 5.76. The predicted molar refractivity (Wildman–Crippen MR) is 66.6 cm³/mol. The van der Waals surface area contributed by atoms with Crippen LogP contribution in [0.1, 0.15) is 22.8 Å². The highest BCUT2D eigenvalue weighted by Crippen LogP contribution is 2.29. The standard InChI is InChI=1S/C14H11ClF2O/c1-8-5-6-9(15)7-11(8)14(18)10-3-2-4-12(16)13(10)17/h2-7,14,18H,1H3. The smallest absolute Gasteiger partial charge is 0.164 e. The van der Waals surface area contributed by atoms with Crippen LogP contribution in [-0.4, -0.2) is 5.11 Å². The van der Waals surface area contributed by atoms with E-state index in [-0.39, 0.29) is 5.56 Å². The molecule has 0 aromatic heterocycles. The van der Waals surface area contributed by atoms with E-state index in [2.05, 4.69) is 0 Å². The zero-order valence-corrected chi connectivity index (χ0v) is 10.4. The van der Waals surface area contributed by atoms with Crippen LogP contribution in [0.4, 0.5) is 8.78 Å². The van der Waals surface area contributed by atoms with Gasteiger partial charge in [-0.2, -0.15) is 0 Å². The lowest BCUT2D eigenvalue weighted by atomic mass is 9.97. The Kier molecular flexibility index (Phi) is 3.64. The quantitative estimate of drug-likeness (QED) is 0.873. The van der Waals surface area contributed by atoms with Crippen molar-refractivity contribution in [3.63, 3.8) is 0 Å². The first kappa shape index (κ1) is 13.0. The van der Waals surface area contributed by atoms with Gasteiger partial charge in [0.1, 0.15) is 6.10 Å². The fourth-order valence-corrected chi connectivity index (χ4v) is 1.99. The largest absolute Gasteiger partial charge is 0.384 e. The van der Waals surface area contributed by atoms with Crippen molar-refractivity contribution in [3.8, 4) is 0 Å². The molecule has 4 heteroatoms. The van der Waals surface area contributed by atoms with E-state index in [1.165, 1.54) is 12.1 Å². The number of rotatable bonds is 2. The minimum absolute atomic E-state index is 0.0969. The maximum Gasteiger partial charge on any atom is 0.164 e. The topological polar surface area (TPSA) is 20.2 Å². The lowest BCUT2D eigenvalue weighted by molar-refractivity contribution is 0.212. The van der Waals surface area contributed by atoms with Gasteiger partial charge in [0, 0.05) is 10.6 Å². The summed E-state index contributed by atoms with van der Waals surface area (Å²) in [7, 11) is 0. The maximum absolute atomic E-state index is 13.6. The maximum atomic E-state index is 13.6. The SMILES string of the molecule is Cc1ccc(Cl)cc1C(O)c1cccc(F)c1F. The van der Waals surface area contributed by atoms with Crippen LogP contribution in [0.25, 0.3) is 0 Å². The highest BCUT2D eigenvalue weighted by Gasteiger charge is 2.19. The second kappa shape index (κ2) is 5.04. The molecule has 18 heavy (non-hydrogen) atoms. The molecule has 0 radical (unpaired) electrons. The van der Waals surface area contributed by atoms with Crippen molar-refractivity contribution < 1.29 is 13.9 Å². The van der Waals surface area contributed by atoms with Crippen molar-refractivity contribution in [1.29, 1.82) is 0 Å². The molecule has 1 unspecified atom stereocenters. The van der Waals surface area contributed by atoms with Crippen LogP contribution >= 0.6 is 11.6 Å². The van der Waals surface area contributed by atoms with Crippen molar-refractivity contribution in [2.45, 2.75) is 13.0 Å². The number of hydrogen-bond acceptors (Lipinski definition) is 1. The fraction of sp³-hybridized carbons (Fsp3) is 0.143. The molecule has 0 fully saturated rings. The third-order valence-corrected chi connectivity index (χ3v) is 3.05. The van der Waals surface area contributed by atoms with Gasteiger partial charge in [-0.25, -0.2) is 8.78 Å². The fourth-order valence-electron chi connectivity index (χ4n) is 1.81. The molecular formula is C14H11ClF2O. The highest BCUT2D eigenvalue weighted by molar-refractivity contribution is 6.30. The molecule has 2 aromatic rings. The summed E-state index contributed by atoms with van der Waals surface area (Å²) in [6.45, 7) is 1.77. The van der Waals surface area contributed by atoms with Crippen molar-refractivity contribution in [1.82, 2.24) is 0 Å². The molecule has 0 aliphatic carbocycles. The number of aliphatic hydroxyl groups excluding tert-OH is 1. The molecule has 0 spiro atoms. The molecule has 94 valence electrons. The van der Waals surface area contributed by atoms with Gasteiger partial charge in [0.25, 0.3) is 0 Å². The first-order valence-electron chi connectivity index (χ1n) is 5.38. The zero-order chi connectivity index (χ0) is 13.3. The Balaban J connectivity index is 2.51. The van der Waals surface area contributed by atoms with E-state index >= 15 is 0 Å². The summed E-state index contributed by atoms with van der Waals surface area (Å²) >= 11 is 5.84. The zero-order valence-electron chi connectivity index (χ0n) is 9.62. The van der Waals surface area contributed by atoms with E-state index in [1.807, 2.05) is 0 Å². The Hall–Kier alpha value is -1.45. The second-order valence-electron chi connectivity index (χ2n) is 4.05. The van der Waals surface area contributed by atoms with Gasteiger partial charge in [0.05, 0.1) is 0 Å². The molecule has 0 saturated carbocycles. The van der Waals surface area contributed by atoms with Gasteiger partial charge in [0.2, 0.25) is 0 Å². The summed E-state index contributed by atoms with van der Waals surface area (Å²) in [4.78, 5) is 0. The molecule has 0 amide bonds. The Morgan fingerprint density at radius 1 is 1.11 bits per heavy atom. The van der Waals surface area contributed by atoms with Crippen molar-refractivity contribution in [2.75, 3.05) is 0 Å². The molecule has 0 bridgehead atoms. The summed E-state index contributed by atoms with van der Waals surface area (Å²) in [5.74, 6) is -2.02. The Morgan fingerprint density at radius 3 is 2.56 bits per heavy atom. The van der Waals surface area contributed by atoms with Crippen molar-refractivity contribution in [2.24, 2.45) is 0 Å². The van der Waals surface area contributed by atoms with E-state index in [0.29, 0.717) is 10.6 Å².